The average molecular weight is 156 g/mol. The van der Waals surface area contributed by atoms with E-state index in [0.29, 0.717) is 0 Å². The zero-order chi connectivity index (χ0) is 8.27. The Morgan fingerprint density at radius 3 is 3.00 bits per heavy atom. The number of carbonyl (C=O) groups excluding carboxylic acids is 2. The van der Waals surface area contributed by atoms with E-state index in [4.69, 9.17) is 0 Å². The fraction of sp³-hybridized carbons (Fsp3) is 0.429. The van der Waals surface area contributed by atoms with Crippen molar-refractivity contribution < 1.29 is 19.1 Å². The molecule has 0 spiro atoms. The maximum atomic E-state index is 10.6. The van der Waals surface area contributed by atoms with Crippen LogP contribution in [0.3, 0.4) is 0 Å². The van der Waals surface area contributed by atoms with Crippen LogP contribution in [-0.4, -0.2) is 25.2 Å². The third kappa shape index (κ3) is 2.07. The largest absolute Gasteiger partial charge is 0.469 e. The molecule has 4 nitrogen and oxygen atoms in total. The normalized spacial score (nSPS) is 21.5. The van der Waals surface area contributed by atoms with Crippen molar-refractivity contribution in [2.45, 2.75) is 12.5 Å². The van der Waals surface area contributed by atoms with Gasteiger partial charge in [0.1, 0.15) is 6.10 Å². The van der Waals surface area contributed by atoms with Crippen molar-refractivity contribution in [3.63, 3.8) is 0 Å². The van der Waals surface area contributed by atoms with E-state index in [1.54, 1.807) is 6.08 Å². The molecule has 4 heteroatoms. The predicted octanol–water partition coefficient (Wildman–Crippen LogP) is 0.0311. The first-order chi connectivity index (χ1) is 5.22. The van der Waals surface area contributed by atoms with Crippen LogP contribution in [0, 0.1) is 0 Å². The number of esters is 2. The maximum absolute atomic E-state index is 10.6. The van der Waals surface area contributed by atoms with Crippen molar-refractivity contribution in [3.8, 4) is 0 Å². The summed E-state index contributed by atoms with van der Waals surface area (Å²) in [5, 5.41) is 0. The standard InChI is InChI=1S/C7H8O4/c1-10-7(9)4-5-2-3-6(8)11-5/h2-3,5H,4H2,1H3/t5-/m1/s1. The summed E-state index contributed by atoms with van der Waals surface area (Å²) in [7, 11) is 1.29. The lowest BCUT2D eigenvalue weighted by molar-refractivity contribution is -0.146. The van der Waals surface area contributed by atoms with Gasteiger partial charge in [-0.05, 0) is 6.08 Å². The van der Waals surface area contributed by atoms with E-state index in [-0.39, 0.29) is 12.4 Å². The van der Waals surface area contributed by atoms with Gasteiger partial charge in [0.05, 0.1) is 13.5 Å². The molecule has 1 aliphatic heterocycles. The fourth-order valence-electron chi connectivity index (χ4n) is 0.771. The molecule has 0 aromatic carbocycles. The minimum absolute atomic E-state index is 0.0960. The summed E-state index contributed by atoms with van der Waals surface area (Å²) in [4.78, 5) is 21.1. The van der Waals surface area contributed by atoms with Gasteiger partial charge in [-0.15, -0.1) is 0 Å². The van der Waals surface area contributed by atoms with Crippen LogP contribution >= 0.6 is 0 Å². The predicted molar refractivity (Wildman–Crippen MR) is 35.7 cm³/mol. The Hall–Kier alpha value is -1.32. The van der Waals surface area contributed by atoms with E-state index < -0.39 is 12.1 Å². The van der Waals surface area contributed by atoms with Crippen molar-refractivity contribution in [2.24, 2.45) is 0 Å². The van der Waals surface area contributed by atoms with Crippen LogP contribution in [0.25, 0.3) is 0 Å². The van der Waals surface area contributed by atoms with Gasteiger partial charge in [-0.3, -0.25) is 4.79 Å². The van der Waals surface area contributed by atoms with E-state index in [9.17, 15) is 9.59 Å². The molecule has 0 saturated carbocycles. The highest BCUT2D eigenvalue weighted by Crippen LogP contribution is 2.08. The Labute approximate surface area is 63.8 Å². The highest BCUT2D eigenvalue weighted by Gasteiger charge is 2.19. The van der Waals surface area contributed by atoms with Crippen LogP contribution in [0.15, 0.2) is 12.2 Å². The molecule has 1 heterocycles. The SMILES string of the molecule is COC(=O)C[C@H]1C=CC(=O)O1. The number of cyclic esters (lactones) is 1. The molecule has 0 bridgehead atoms. The monoisotopic (exact) mass is 156 g/mol. The van der Waals surface area contributed by atoms with E-state index in [1.807, 2.05) is 0 Å². The van der Waals surface area contributed by atoms with Gasteiger partial charge in [-0.1, -0.05) is 0 Å². The minimum atomic E-state index is -0.435. The number of rotatable bonds is 2. The topological polar surface area (TPSA) is 52.6 Å². The Kier molecular flexibility index (Phi) is 2.25. The molecule has 0 unspecified atom stereocenters. The van der Waals surface area contributed by atoms with Gasteiger partial charge in [0.15, 0.2) is 0 Å². The van der Waals surface area contributed by atoms with Crippen LogP contribution < -0.4 is 0 Å². The van der Waals surface area contributed by atoms with Crippen molar-refractivity contribution >= 4 is 11.9 Å². The summed E-state index contributed by atoms with van der Waals surface area (Å²) in [6.45, 7) is 0. The van der Waals surface area contributed by atoms with Crippen LogP contribution in [0.4, 0.5) is 0 Å². The molecule has 1 rings (SSSR count). The second kappa shape index (κ2) is 3.18. The van der Waals surface area contributed by atoms with Gasteiger partial charge >= 0.3 is 11.9 Å². The van der Waals surface area contributed by atoms with Gasteiger partial charge in [0.25, 0.3) is 0 Å². The summed E-state index contributed by atoms with van der Waals surface area (Å²) in [5.74, 6) is -0.784. The van der Waals surface area contributed by atoms with E-state index in [0.717, 1.165) is 0 Å². The number of carbonyl (C=O) groups is 2. The minimum Gasteiger partial charge on any atom is -0.469 e. The van der Waals surface area contributed by atoms with Gasteiger partial charge in [-0.25, -0.2) is 4.79 Å². The molecule has 0 aliphatic carbocycles. The first-order valence-electron chi connectivity index (χ1n) is 3.18. The lowest BCUT2D eigenvalue weighted by Crippen LogP contribution is -2.14. The smallest absolute Gasteiger partial charge is 0.331 e. The van der Waals surface area contributed by atoms with Gasteiger partial charge in [0.2, 0.25) is 0 Å². The second-order valence-corrected chi connectivity index (χ2v) is 2.11. The van der Waals surface area contributed by atoms with Gasteiger partial charge < -0.3 is 9.47 Å². The third-order valence-corrected chi connectivity index (χ3v) is 1.31. The Morgan fingerprint density at radius 2 is 2.55 bits per heavy atom. The van der Waals surface area contributed by atoms with E-state index in [1.165, 1.54) is 13.2 Å². The second-order valence-electron chi connectivity index (χ2n) is 2.11. The molecule has 1 aliphatic rings. The number of ether oxygens (including phenoxy) is 2. The molecule has 0 N–H and O–H groups in total. The summed E-state index contributed by atoms with van der Waals surface area (Å²) in [5.41, 5.74) is 0. The Balaban J connectivity index is 2.35. The molecule has 11 heavy (non-hydrogen) atoms. The van der Waals surface area contributed by atoms with Crippen molar-refractivity contribution in [2.75, 3.05) is 7.11 Å². The van der Waals surface area contributed by atoms with Gasteiger partial charge in [-0.2, -0.15) is 0 Å². The molecule has 0 fully saturated rings. The molecule has 60 valence electrons. The Bertz CT molecular complexity index is 206. The summed E-state index contributed by atoms with van der Waals surface area (Å²) >= 11 is 0. The summed E-state index contributed by atoms with van der Waals surface area (Å²) in [6.07, 6.45) is 2.50. The number of methoxy groups -OCH3 is 1. The van der Waals surface area contributed by atoms with E-state index >= 15 is 0 Å². The lowest BCUT2D eigenvalue weighted by atomic mass is 10.2. The third-order valence-electron chi connectivity index (χ3n) is 1.31. The molecular formula is C7H8O4. The molecule has 0 saturated heterocycles. The molecule has 0 aromatic rings. The lowest BCUT2D eigenvalue weighted by Gasteiger charge is -2.05. The molecule has 0 aromatic heterocycles. The maximum Gasteiger partial charge on any atom is 0.331 e. The van der Waals surface area contributed by atoms with E-state index in [2.05, 4.69) is 9.47 Å². The van der Waals surface area contributed by atoms with Crippen molar-refractivity contribution in [3.05, 3.63) is 12.2 Å². The van der Waals surface area contributed by atoms with Crippen molar-refractivity contribution in [1.29, 1.82) is 0 Å². The first kappa shape index (κ1) is 7.78. The van der Waals surface area contributed by atoms with Crippen LogP contribution in [0.5, 0.6) is 0 Å². The Morgan fingerprint density at radius 1 is 1.82 bits per heavy atom. The highest BCUT2D eigenvalue weighted by molar-refractivity contribution is 5.85. The molecular weight excluding hydrogens is 148 g/mol. The van der Waals surface area contributed by atoms with Crippen LogP contribution in [0.1, 0.15) is 6.42 Å². The van der Waals surface area contributed by atoms with Gasteiger partial charge in [0, 0.05) is 6.08 Å². The average Bonchev–Trinajstić information content (AvgIpc) is 2.35. The quantitative estimate of drug-likeness (QED) is 0.529. The fourth-order valence-corrected chi connectivity index (χ4v) is 0.771. The first-order valence-corrected chi connectivity index (χ1v) is 3.18. The zero-order valence-corrected chi connectivity index (χ0v) is 6.07. The van der Waals surface area contributed by atoms with Crippen LogP contribution in [-0.2, 0) is 19.1 Å². The summed E-state index contributed by atoms with van der Waals surface area (Å²) in [6, 6.07) is 0. The number of hydrogen-bond acceptors (Lipinski definition) is 4. The van der Waals surface area contributed by atoms with Crippen molar-refractivity contribution in [1.82, 2.24) is 0 Å². The highest BCUT2D eigenvalue weighted by atomic mass is 16.6. The summed E-state index contributed by atoms with van der Waals surface area (Å²) < 4.78 is 9.07. The number of hydrogen-bond donors (Lipinski definition) is 0. The van der Waals surface area contributed by atoms with Crippen LogP contribution in [0.2, 0.25) is 0 Å². The zero-order valence-electron chi connectivity index (χ0n) is 6.07. The molecule has 0 radical (unpaired) electrons. The molecule has 1 atom stereocenters. The molecule has 0 amide bonds.